The first-order chi connectivity index (χ1) is 8.09. The Kier molecular flexibility index (Phi) is 3.43. The second-order valence-corrected chi connectivity index (χ2v) is 4.62. The van der Waals surface area contributed by atoms with Crippen molar-refractivity contribution < 1.29 is 4.79 Å². The van der Waals surface area contributed by atoms with Gasteiger partial charge in [-0.05, 0) is 18.1 Å². The molecule has 1 aromatic heterocycles. The number of thiol groups is 1. The number of nitrogens with zero attached hydrogens (tertiary/aromatic N) is 2. The number of fused-ring (bicyclic) bond motifs is 1. The molecule has 90 valence electrons. The second kappa shape index (κ2) is 4.84. The van der Waals surface area contributed by atoms with Gasteiger partial charge in [0.05, 0.1) is 0 Å². The zero-order valence-electron chi connectivity index (χ0n) is 10.1. The summed E-state index contributed by atoms with van der Waals surface area (Å²) in [5.74, 6) is 0. The number of benzene rings is 1. The molecule has 0 aliphatic rings. The molecule has 0 N–H and O–H groups in total. The quantitative estimate of drug-likeness (QED) is 0.830. The third-order valence-electron chi connectivity index (χ3n) is 3.02. The minimum atomic E-state index is -0.190. The lowest BCUT2D eigenvalue weighted by molar-refractivity contribution is 0.234. The van der Waals surface area contributed by atoms with Crippen LogP contribution in [0.2, 0.25) is 0 Å². The molecular weight excluding hydrogens is 232 g/mol. The fourth-order valence-electron chi connectivity index (χ4n) is 2.01. The van der Waals surface area contributed by atoms with Gasteiger partial charge < -0.3 is 9.47 Å². The van der Waals surface area contributed by atoms with Crippen molar-refractivity contribution in [1.82, 2.24) is 9.47 Å². The van der Waals surface area contributed by atoms with E-state index in [4.69, 9.17) is 0 Å². The van der Waals surface area contributed by atoms with Crippen molar-refractivity contribution in [2.75, 3.05) is 13.6 Å². The summed E-state index contributed by atoms with van der Waals surface area (Å²) in [7, 11) is 3.81. The van der Waals surface area contributed by atoms with E-state index in [0.717, 1.165) is 6.42 Å². The molecule has 0 fully saturated rings. The Morgan fingerprint density at radius 2 is 2.12 bits per heavy atom. The number of carbonyl (C=O) groups excluding carboxylic acids is 1. The van der Waals surface area contributed by atoms with Gasteiger partial charge in [0.1, 0.15) is 0 Å². The Morgan fingerprint density at radius 3 is 2.82 bits per heavy atom. The van der Waals surface area contributed by atoms with Crippen LogP contribution in [0.1, 0.15) is 5.56 Å². The van der Waals surface area contributed by atoms with E-state index < -0.39 is 0 Å². The Hall–Kier alpha value is -1.42. The second-order valence-electron chi connectivity index (χ2n) is 4.24. The van der Waals surface area contributed by atoms with Crippen LogP contribution in [-0.4, -0.2) is 28.3 Å². The normalized spacial score (nSPS) is 10.8. The summed E-state index contributed by atoms with van der Waals surface area (Å²) in [6.07, 6.45) is 2.98. The maximum absolute atomic E-state index is 11.0. The minimum absolute atomic E-state index is 0.190. The molecule has 0 aliphatic heterocycles. The van der Waals surface area contributed by atoms with Gasteiger partial charge in [-0.2, -0.15) is 0 Å². The summed E-state index contributed by atoms with van der Waals surface area (Å²) in [5, 5.41) is 1.07. The molecule has 3 nitrogen and oxygen atoms in total. The third-order valence-corrected chi connectivity index (χ3v) is 3.36. The molecule has 1 amide bonds. The van der Waals surface area contributed by atoms with Gasteiger partial charge in [0.25, 0.3) is 5.24 Å². The first-order valence-corrected chi connectivity index (χ1v) is 6.01. The Morgan fingerprint density at radius 1 is 1.41 bits per heavy atom. The molecule has 0 saturated carbocycles. The standard InChI is InChI=1S/C13H16N2OS/c1-14(13(16)17)8-7-10-9-15(2)12-6-4-3-5-11(10)12/h3-6,9H,7-8H2,1-2H3,(H,16,17). The van der Waals surface area contributed by atoms with Crippen molar-refractivity contribution in [2.45, 2.75) is 6.42 Å². The SMILES string of the molecule is CN(CCc1cn(C)c2ccccc12)C(=O)S. The number of amides is 1. The first kappa shape index (κ1) is 12.0. The summed E-state index contributed by atoms with van der Waals surface area (Å²) in [6, 6.07) is 8.30. The molecule has 0 atom stereocenters. The summed E-state index contributed by atoms with van der Waals surface area (Å²) in [5.41, 5.74) is 2.49. The van der Waals surface area contributed by atoms with Crippen LogP contribution in [0.15, 0.2) is 30.5 Å². The van der Waals surface area contributed by atoms with E-state index in [1.807, 2.05) is 19.2 Å². The summed E-state index contributed by atoms with van der Waals surface area (Å²) in [6.45, 7) is 0.691. The fraction of sp³-hybridized carbons (Fsp3) is 0.308. The van der Waals surface area contributed by atoms with E-state index >= 15 is 0 Å². The smallest absolute Gasteiger partial charge is 0.278 e. The van der Waals surface area contributed by atoms with Crippen LogP contribution in [0.5, 0.6) is 0 Å². The molecule has 0 radical (unpaired) electrons. The van der Waals surface area contributed by atoms with Crippen LogP contribution < -0.4 is 0 Å². The van der Waals surface area contributed by atoms with Crippen molar-refractivity contribution in [1.29, 1.82) is 0 Å². The molecule has 4 heteroatoms. The number of rotatable bonds is 3. The van der Waals surface area contributed by atoms with E-state index in [0.29, 0.717) is 6.54 Å². The number of aryl methyl sites for hydroxylation is 1. The number of hydrogen-bond acceptors (Lipinski definition) is 1. The number of carbonyl (C=O) groups is 1. The van der Waals surface area contributed by atoms with Gasteiger partial charge in [0, 0.05) is 37.7 Å². The van der Waals surface area contributed by atoms with E-state index in [-0.39, 0.29) is 5.24 Å². The van der Waals surface area contributed by atoms with Crippen LogP contribution in [-0.2, 0) is 13.5 Å². The first-order valence-electron chi connectivity index (χ1n) is 5.56. The lowest BCUT2D eigenvalue weighted by atomic mass is 10.1. The third kappa shape index (κ3) is 2.47. The molecular formula is C13H16N2OS. The molecule has 1 aromatic carbocycles. The highest BCUT2D eigenvalue weighted by Gasteiger charge is 2.08. The topological polar surface area (TPSA) is 25.2 Å². The Labute approximate surface area is 106 Å². The van der Waals surface area contributed by atoms with Crippen LogP contribution in [0, 0.1) is 0 Å². The predicted molar refractivity (Wildman–Crippen MR) is 73.6 cm³/mol. The van der Waals surface area contributed by atoms with Crippen LogP contribution in [0.3, 0.4) is 0 Å². The van der Waals surface area contributed by atoms with Crippen molar-refractivity contribution in [3.8, 4) is 0 Å². The van der Waals surface area contributed by atoms with Gasteiger partial charge in [-0.15, -0.1) is 0 Å². The van der Waals surface area contributed by atoms with Gasteiger partial charge >= 0.3 is 0 Å². The Balaban J connectivity index is 2.22. The van der Waals surface area contributed by atoms with E-state index in [1.165, 1.54) is 16.5 Å². The zero-order chi connectivity index (χ0) is 12.4. The van der Waals surface area contributed by atoms with Crippen LogP contribution >= 0.6 is 12.6 Å². The highest BCUT2D eigenvalue weighted by atomic mass is 32.1. The number of hydrogen-bond donors (Lipinski definition) is 1. The lowest BCUT2D eigenvalue weighted by Gasteiger charge is -2.12. The number of likely N-dealkylation sites (N-methyl/N-ethyl adjacent to an activating group) is 1. The van der Waals surface area contributed by atoms with E-state index in [9.17, 15) is 4.79 Å². The van der Waals surface area contributed by atoms with Crippen LogP contribution in [0.4, 0.5) is 4.79 Å². The van der Waals surface area contributed by atoms with Gasteiger partial charge in [-0.1, -0.05) is 30.8 Å². The van der Waals surface area contributed by atoms with Gasteiger partial charge in [-0.25, -0.2) is 0 Å². The van der Waals surface area contributed by atoms with Gasteiger partial charge in [-0.3, -0.25) is 4.79 Å². The molecule has 0 unspecified atom stereocenters. The summed E-state index contributed by atoms with van der Waals surface area (Å²) < 4.78 is 2.12. The average molecular weight is 248 g/mol. The maximum atomic E-state index is 11.0. The zero-order valence-corrected chi connectivity index (χ0v) is 10.9. The highest BCUT2D eigenvalue weighted by molar-refractivity contribution is 7.96. The molecule has 0 saturated heterocycles. The fourth-order valence-corrected chi connectivity index (χ4v) is 2.11. The average Bonchev–Trinajstić information content (AvgIpc) is 2.64. The molecule has 0 bridgehead atoms. The predicted octanol–water partition coefficient (Wildman–Crippen LogP) is 2.70. The number of para-hydroxylation sites is 1. The minimum Gasteiger partial charge on any atom is -0.350 e. The van der Waals surface area contributed by atoms with Crippen molar-refractivity contribution in [3.63, 3.8) is 0 Å². The van der Waals surface area contributed by atoms with E-state index in [1.54, 1.807) is 11.9 Å². The summed E-state index contributed by atoms with van der Waals surface area (Å²) in [4.78, 5) is 12.6. The van der Waals surface area contributed by atoms with Crippen molar-refractivity contribution in [2.24, 2.45) is 7.05 Å². The maximum Gasteiger partial charge on any atom is 0.278 e. The molecule has 1 heterocycles. The largest absolute Gasteiger partial charge is 0.350 e. The number of aromatic nitrogens is 1. The van der Waals surface area contributed by atoms with E-state index in [2.05, 4.69) is 35.5 Å². The van der Waals surface area contributed by atoms with Gasteiger partial charge in [0.15, 0.2) is 0 Å². The molecule has 2 rings (SSSR count). The van der Waals surface area contributed by atoms with Gasteiger partial charge in [0.2, 0.25) is 0 Å². The summed E-state index contributed by atoms with van der Waals surface area (Å²) >= 11 is 3.80. The molecule has 0 spiro atoms. The molecule has 2 aromatic rings. The van der Waals surface area contributed by atoms with Crippen molar-refractivity contribution in [3.05, 3.63) is 36.0 Å². The van der Waals surface area contributed by atoms with Crippen molar-refractivity contribution >= 4 is 28.8 Å². The molecule has 17 heavy (non-hydrogen) atoms. The van der Waals surface area contributed by atoms with Crippen LogP contribution in [0.25, 0.3) is 10.9 Å². The molecule has 0 aliphatic carbocycles. The lowest BCUT2D eigenvalue weighted by Crippen LogP contribution is -2.23. The monoisotopic (exact) mass is 248 g/mol. The highest BCUT2D eigenvalue weighted by Crippen LogP contribution is 2.20. The Bertz CT molecular complexity index is 547.